The highest BCUT2D eigenvalue weighted by molar-refractivity contribution is 6.21. The van der Waals surface area contributed by atoms with Crippen LogP contribution < -0.4 is 10.8 Å². The molecule has 0 bridgehead atoms. The average Bonchev–Trinajstić information content (AvgIpc) is 3.37. The van der Waals surface area contributed by atoms with E-state index in [0.717, 1.165) is 32.3 Å². The third-order valence-corrected chi connectivity index (χ3v) is 5.04. The Morgan fingerprint density at radius 1 is 0.700 bits per heavy atom. The zero-order valence-electron chi connectivity index (χ0n) is 15.2. The lowest BCUT2D eigenvalue weighted by atomic mass is 9.98. The Balaban J connectivity index is 1.97. The topological polar surface area (TPSA) is 82.6 Å². The first-order valence-electron chi connectivity index (χ1n) is 8.79. The van der Waals surface area contributed by atoms with Crippen molar-refractivity contribution in [2.24, 2.45) is 0 Å². The van der Waals surface area contributed by atoms with Gasteiger partial charge < -0.3 is 8.83 Å². The lowest BCUT2D eigenvalue weighted by Crippen LogP contribution is -1.96. The monoisotopic (exact) mass is 384 g/mol. The van der Waals surface area contributed by atoms with Crippen molar-refractivity contribution in [3.63, 3.8) is 0 Å². The molecule has 30 heavy (non-hydrogen) atoms. The molecule has 0 aliphatic heterocycles. The fourth-order valence-corrected chi connectivity index (χ4v) is 3.71. The zero-order chi connectivity index (χ0) is 20.8. The molecule has 2 aromatic heterocycles. The van der Waals surface area contributed by atoms with Gasteiger partial charge >= 0.3 is 11.4 Å². The maximum absolute atomic E-state index is 9.18. The van der Waals surface area contributed by atoms with Crippen LogP contribution in [0.2, 0.25) is 0 Å². The van der Waals surface area contributed by atoms with Crippen LogP contribution in [-0.2, 0) is 0 Å². The number of hydrogen-bond donors (Lipinski definition) is 0. The lowest BCUT2D eigenvalue weighted by Gasteiger charge is -2.05. The molecule has 5 aromatic rings. The molecule has 6 heteroatoms. The Hall–Kier alpha value is -5.04. The van der Waals surface area contributed by atoms with E-state index in [2.05, 4.69) is 9.69 Å². The number of furan rings is 2. The van der Waals surface area contributed by atoms with E-state index in [9.17, 15) is 5.26 Å². The SMILES string of the molecule is [C-]#[N+]/C(C#N)=c1\cc2cc3ccc4ccc5o/c(=C(\C#N)[N+]#[C-])cc5c4c3cc2o1. The Kier molecular flexibility index (Phi) is 3.56. The van der Waals surface area contributed by atoms with Crippen LogP contribution in [0.1, 0.15) is 0 Å². The largest absolute Gasteiger partial charge is 0.467 e. The fraction of sp³-hybridized carbons (Fsp3) is 0. The van der Waals surface area contributed by atoms with Crippen molar-refractivity contribution in [3.8, 4) is 12.1 Å². The zero-order valence-corrected chi connectivity index (χ0v) is 15.2. The van der Waals surface area contributed by atoms with E-state index < -0.39 is 0 Å². The average molecular weight is 384 g/mol. The summed E-state index contributed by atoms with van der Waals surface area (Å²) in [6.07, 6.45) is 0. The molecule has 0 unspecified atom stereocenters. The Labute approximate surface area is 169 Å². The molecular weight excluding hydrogens is 376 g/mol. The fourth-order valence-electron chi connectivity index (χ4n) is 3.71. The minimum atomic E-state index is -0.101. The first kappa shape index (κ1) is 17.1. The second kappa shape index (κ2) is 6.25. The molecule has 136 valence electrons. The van der Waals surface area contributed by atoms with Crippen LogP contribution in [0.5, 0.6) is 0 Å². The second-order valence-corrected chi connectivity index (χ2v) is 6.62. The van der Waals surface area contributed by atoms with E-state index >= 15 is 0 Å². The van der Waals surface area contributed by atoms with Gasteiger partial charge in [0.2, 0.25) is 0 Å². The molecule has 0 spiro atoms. The molecule has 0 saturated carbocycles. The first-order valence-corrected chi connectivity index (χ1v) is 8.79. The predicted molar refractivity (Wildman–Crippen MR) is 111 cm³/mol. The van der Waals surface area contributed by atoms with Gasteiger partial charge in [-0.15, -0.1) is 0 Å². The molecule has 0 atom stereocenters. The van der Waals surface area contributed by atoms with Gasteiger partial charge in [0.25, 0.3) is 0 Å². The van der Waals surface area contributed by atoms with Crippen LogP contribution in [0.15, 0.2) is 57.4 Å². The van der Waals surface area contributed by atoms with E-state index in [1.807, 2.05) is 48.5 Å². The van der Waals surface area contributed by atoms with Gasteiger partial charge in [-0.25, -0.2) is 20.2 Å². The summed E-state index contributed by atoms with van der Waals surface area (Å²) in [6, 6.07) is 18.7. The summed E-state index contributed by atoms with van der Waals surface area (Å²) in [5, 5.41) is 23.6. The number of fused-ring (bicyclic) bond motifs is 6. The summed E-state index contributed by atoms with van der Waals surface area (Å²) in [7, 11) is 0. The van der Waals surface area contributed by atoms with E-state index in [-0.39, 0.29) is 22.2 Å². The number of benzene rings is 3. The molecule has 0 aliphatic carbocycles. The van der Waals surface area contributed by atoms with Gasteiger partial charge in [0.15, 0.2) is 0 Å². The standard InChI is InChI=1S/C24H8N4O2/c1-27-18(11-25)22-8-15-7-14-4-3-13-5-6-20-17(10-23(29-20)19(12-26)28-2)24(13)16(14)9-21(15)30-22/h3-10H/b22-18+,23-19+. The molecule has 0 amide bonds. The predicted octanol–water partition coefficient (Wildman–Crippen LogP) is 4.59. The molecule has 0 radical (unpaired) electrons. The summed E-state index contributed by atoms with van der Waals surface area (Å²) in [4.78, 5) is 6.45. The number of nitriles is 2. The number of rotatable bonds is 0. The third-order valence-electron chi connectivity index (χ3n) is 5.04. The Morgan fingerprint density at radius 2 is 1.33 bits per heavy atom. The summed E-state index contributed by atoms with van der Waals surface area (Å²) in [5.41, 5.74) is 1.42. The van der Waals surface area contributed by atoms with Gasteiger partial charge in [0.05, 0.1) is 25.3 Å². The number of hydrogen-bond acceptors (Lipinski definition) is 4. The minimum Gasteiger partial charge on any atom is -0.467 e. The number of nitrogens with zero attached hydrogens (tertiary/aromatic N) is 4. The van der Waals surface area contributed by atoms with Crippen LogP contribution >= 0.6 is 0 Å². The summed E-state index contributed by atoms with van der Waals surface area (Å²) < 4.78 is 11.5. The molecule has 5 rings (SSSR count). The molecular formula is C24H8N4O2. The van der Waals surface area contributed by atoms with Gasteiger partial charge in [-0.1, -0.05) is 18.2 Å². The molecule has 0 fully saturated rings. The van der Waals surface area contributed by atoms with Crippen LogP contribution in [-0.4, -0.2) is 0 Å². The molecule has 2 heterocycles. The van der Waals surface area contributed by atoms with Crippen molar-refractivity contribution in [2.75, 3.05) is 0 Å². The van der Waals surface area contributed by atoms with Crippen LogP contribution in [0, 0.1) is 35.8 Å². The highest BCUT2D eigenvalue weighted by atomic mass is 16.3. The van der Waals surface area contributed by atoms with Crippen LogP contribution in [0.3, 0.4) is 0 Å². The molecule has 0 N–H and O–H groups in total. The highest BCUT2D eigenvalue weighted by Crippen LogP contribution is 2.34. The quantitative estimate of drug-likeness (QED) is 0.289. The van der Waals surface area contributed by atoms with Crippen molar-refractivity contribution in [1.29, 1.82) is 10.5 Å². The molecule has 6 nitrogen and oxygen atoms in total. The van der Waals surface area contributed by atoms with Gasteiger partial charge in [-0.05, 0) is 46.5 Å². The van der Waals surface area contributed by atoms with Crippen LogP contribution in [0.4, 0.5) is 0 Å². The second-order valence-electron chi connectivity index (χ2n) is 6.62. The first-order chi connectivity index (χ1) is 14.7. The summed E-state index contributed by atoms with van der Waals surface area (Å²) in [5.74, 6) is 0. The normalized spacial score (nSPS) is 12.9. The minimum absolute atomic E-state index is 0.0966. The smallest absolute Gasteiger partial charge is 0.303 e. The van der Waals surface area contributed by atoms with Crippen LogP contribution in [0.25, 0.3) is 64.6 Å². The van der Waals surface area contributed by atoms with E-state index in [1.165, 1.54) is 0 Å². The Bertz CT molecular complexity index is 1810. The van der Waals surface area contributed by atoms with E-state index in [0.29, 0.717) is 11.2 Å². The van der Waals surface area contributed by atoms with Crippen molar-refractivity contribution >= 4 is 54.9 Å². The van der Waals surface area contributed by atoms with Crippen molar-refractivity contribution in [3.05, 3.63) is 82.2 Å². The van der Waals surface area contributed by atoms with Crippen molar-refractivity contribution < 1.29 is 8.83 Å². The van der Waals surface area contributed by atoms with Gasteiger partial charge in [0, 0.05) is 16.2 Å². The van der Waals surface area contributed by atoms with E-state index in [4.69, 9.17) is 27.2 Å². The van der Waals surface area contributed by atoms with Gasteiger partial charge in [-0.2, -0.15) is 0 Å². The van der Waals surface area contributed by atoms with Crippen molar-refractivity contribution in [2.45, 2.75) is 0 Å². The maximum atomic E-state index is 9.18. The molecule has 3 aromatic carbocycles. The van der Waals surface area contributed by atoms with Gasteiger partial charge in [-0.3, -0.25) is 0 Å². The van der Waals surface area contributed by atoms with Gasteiger partial charge in [0.1, 0.15) is 22.0 Å². The van der Waals surface area contributed by atoms with Crippen molar-refractivity contribution in [1.82, 2.24) is 0 Å². The Morgan fingerprint density at radius 3 is 2.03 bits per heavy atom. The van der Waals surface area contributed by atoms with E-state index in [1.54, 1.807) is 12.1 Å². The molecule has 0 saturated heterocycles. The third kappa shape index (κ3) is 2.33. The molecule has 0 aliphatic rings. The summed E-state index contributed by atoms with van der Waals surface area (Å²) in [6.45, 7) is 14.3. The summed E-state index contributed by atoms with van der Waals surface area (Å²) >= 11 is 0. The highest BCUT2D eigenvalue weighted by Gasteiger charge is 2.12. The lowest BCUT2D eigenvalue weighted by molar-refractivity contribution is 0.577. The maximum Gasteiger partial charge on any atom is 0.303 e.